The van der Waals surface area contributed by atoms with Gasteiger partial charge in [-0.05, 0) is 49.6 Å². The van der Waals surface area contributed by atoms with Crippen LogP contribution in [0.4, 0.5) is 0 Å². The molecule has 1 atom stereocenters. The third-order valence-electron chi connectivity index (χ3n) is 5.94. The van der Waals surface area contributed by atoms with Gasteiger partial charge in [0.05, 0.1) is 17.1 Å². The Labute approximate surface area is 183 Å². The van der Waals surface area contributed by atoms with E-state index in [4.69, 9.17) is 4.98 Å². The highest BCUT2D eigenvalue weighted by atomic mass is 16.2. The van der Waals surface area contributed by atoms with E-state index in [-0.39, 0.29) is 17.9 Å². The third-order valence-corrected chi connectivity index (χ3v) is 5.94. The fraction of sp³-hybridized carbons (Fsp3) is 0.400. The highest BCUT2D eigenvalue weighted by molar-refractivity contribution is 5.99. The molecule has 3 aromatic rings. The molecule has 1 aromatic heterocycles. The number of benzene rings is 2. The van der Waals surface area contributed by atoms with E-state index >= 15 is 0 Å². The molecule has 0 saturated carbocycles. The number of aryl methyl sites for hydroxylation is 1. The van der Waals surface area contributed by atoms with Crippen LogP contribution in [0.1, 0.15) is 65.7 Å². The summed E-state index contributed by atoms with van der Waals surface area (Å²) in [6.07, 6.45) is 3.70. The number of rotatable bonds is 6. The third kappa shape index (κ3) is 4.33. The summed E-state index contributed by atoms with van der Waals surface area (Å²) >= 11 is 0. The SMILES string of the molecule is CCCNC(=O)c1cccc(C(=O)N2CCCC(n3c(CC)nc4ccccc43)C2)c1. The lowest BCUT2D eigenvalue weighted by Crippen LogP contribution is -2.41. The Hall–Kier alpha value is -3.15. The molecule has 1 fully saturated rings. The molecular formula is C25H30N4O2. The molecular weight excluding hydrogens is 388 g/mol. The van der Waals surface area contributed by atoms with Crippen LogP contribution in [0.3, 0.4) is 0 Å². The lowest BCUT2D eigenvalue weighted by Gasteiger charge is -2.34. The second-order valence-corrected chi connectivity index (χ2v) is 8.12. The minimum Gasteiger partial charge on any atom is -0.352 e. The minimum absolute atomic E-state index is 0.0164. The number of amides is 2. The predicted molar refractivity (Wildman–Crippen MR) is 122 cm³/mol. The number of para-hydroxylation sites is 2. The van der Waals surface area contributed by atoms with E-state index in [1.807, 2.05) is 30.0 Å². The standard InChI is InChI=1S/C25H30N4O2/c1-3-14-26-24(30)18-9-7-10-19(16-18)25(31)28-15-8-11-20(17-28)29-22-13-6-5-12-21(22)27-23(29)4-2/h5-7,9-10,12-13,16,20H,3-4,8,11,14-15,17H2,1-2H3,(H,26,30). The van der Waals surface area contributed by atoms with Gasteiger partial charge in [-0.25, -0.2) is 4.98 Å². The number of carbonyl (C=O) groups excluding carboxylic acids is 2. The van der Waals surface area contributed by atoms with Gasteiger partial charge in [0, 0.05) is 37.2 Å². The summed E-state index contributed by atoms with van der Waals surface area (Å²) in [5, 5.41) is 2.88. The van der Waals surface area contributed by atoms with Gasteiger partial charge in [0.1, 0.15) is 5.82 Å². The lowest BCUT2D eigenvalue weighted by atomic mass is 10.0. The van der Waals surface area contributed by atoms with Crippen LogP contribution in [0.15, 0.2) is 48.5 Å². The van der Waals surface area contributed by atoms with Crippen molar-refractivity contribution in [3.05, 3.63) is 65.5 Å². The van der Waals surface area contributed by atoms with Crippen molar-refractivity contribution in [2.45, 2.75) is 45.6 Å². The zero-order chi connectivity index (χ0) is 21.8. The molecule has 0 bridgehead atoms. The number of fused-ring (bicyclic) bond motifs is 1. The predicted octanol–water partition coefficient (Wildman–Crippen LogP) is 4.22. The van der Waals surface area contributed by atoms with Crippen LogP contribution >= 0.6 is 0 Å². The number of hydrogen-bond donors (Lipinski definition) is 1. The Morgan fingerprint density at radius 2 is 1.90 bits per heavy atom. The van der Waals surface area contributed by atoms with E-state index < -0.39 is 0 Å². The van der Waals surface area contributed by atoms with Crippen molar-refractivity contribution in [1.29, 1.82) is 0 Å². The van der Waals surface area contributed by atoms with E-state index in [1.54, 1.807) is 24.3 Å². The molecule has 1 aliphatic heterocycles. The molecule has 0 radical (unpaired) electrons. The molecule has 0 aliphatic carbocycles. The Balaban J connectivity index is 1.56. The molecule has 31 heavy (non-hydrogen) atoms. The van der Waals surface area contributed by atoms with E-state index in [1.165, 1.54) is 0 Å². The maximum absolute atomic E-state index is 13.3. The van der Waals surface area contributed by atoms with Crippen LogP contribution in [0.2, 0.25) is 0 Å². The summed E-state index contributed by atoms with van der Waals surface area (Å²) in [7, 11) is 0. The second-order valence-electron chi connectivity index (χ2n) is 8.12. The summed E-state index contributed by atoms with van der Waals surface area (Å²) in [5.74, 6) is 0.915. The second kappa shape index (κ2) is 9.33. The maximum atomic E-state index is 13.3. The van der Waals surface area contributed by atoms with Crippen molar-refractivity contribution in [1.82, 2.24) is 19.8 Å². The Morgan fingerprint density at radius 3 is 2.71 bits per heavy atom. The molecule has 6 nitrogen and oxygen atoms in total. The van der Waals surface area contributed by atoms with Crippen LogP contribution in [0.5, 0.6) is 0 Å². The highest BCUT2D eigenvalue weighted by Gasteiger charge is 2.28. The van der Waals surface area contributed by atoms with E-state index in [0.717, 1.165) is 49.1 Å². The summed E-state index contributed by atoms with van der Waals surface area (Å²) in [6, 6.07) is 15.5. The number of nitrogens with zero attached hydrogens (tertiary/aromatic N) is 3. The Morgan fingerprint density at radius 1 is 1.10 bits per heavy atom. The first-order valence-electron chi connectivity index (χ1n) is 11.3. The average Bonchev–Trinajstić information content (AvgIpc) is 3.21. The van der Waals surface area contributed by atoms with Gasteiger partial charge >= 0.3 is 0 Å². The average molecular weight is 419 g/mol. The van der Waals surface area contributed by atoms with Crippen LogP contribution < -0.4 is 5.32 Å². The molecule has 2 aromatic carbocycles. The monoisotopic (exact) mass is 418 g/mol. The Kier molecular flexibility index (Phi) is 6.35. The fourth-order valence-electron chi connectivity index (χ4n) is 4.42. The minimum atomic E-state index is -0.134. The molecule has 162 valence electrons. The summed E-state index contributed by atoms with van der Waals surface area (Å²) in [5.41, 5.74) is 3.24. The summed E-state index contributed by atoms with van der Waals surface area (Å²) in [4.78, 5) is 32.3. The van der Waals surface area contributed by atoms with Crippen molar-refractivity contribution in [2.24, 2.45) is 0 Å². The van der Waals surface area contributed by atoms with E-state index in [9.17, 15) is 9.59 Å². The van der Waals surface area contributed by atoms with Gasteiger partial charge in [-0.1, -0.05) is 32.0 Å². The molecule has 2 heterocycles. The van der Waals surface area contributed by atoms with E-state index in [2.05, 4.69) is 22.9 Å². The first-order valence-corrected chi connectivity index (χ1v) is 11.3. The lowest BCUT2D eigenvalue weighted by molar-refractivity contribution is 0.0680. The molecule has 1 aliphatic rings. The number of hydrogen-bond acceptors (Lipinski definition) is 3. The zero-order valence-electron chi connectivity index (χ0n) is 18.3. The van der Waals surface area contributed by atoms with Crippen LogP contribution in [0.25, 0.3) is 11.0 Å². The zero-order valence-corrected chi connectivity index (χ0v) is 18.3. The number of aromatic nitrogens is 2. The molecule has 1 N–H and O–H groups in total. The van der Waals surface area contributed by atoms with Crippen molar-refractivity contribution < 1.29 is 9.59 Å². The van der Waals surface area contributed by atoms with Gasteiger partial charge in [-0.3, -0.25) is 9.59 Å². The van der Waals surface area contributed by atoms with Gasteiger partial charge < -0.3 is 14.8 Å². The van der Waals surface area contributed by atoms with Gasteiger partial charge in [0.2, 0.25) is 0 Å². The molecule has 4 rings (SSSR count). The highest BCUT2D eigenvalue weighted by Crippen LogP contribution is 2.29. The quantitative estimate of drug-likeness (QED) is 0.652. The summed E-state index contributed by atoms with van der Waals surface area (Å²) < 4.78 is 2.32. The van der Waals surface area contributed by atoms with Gasteiger partial charge in [0.25, 0.3) is 11.8 Å². The van der Waals surface area contributed by atoms with Crippen LogP contribution in [-0.4, -0.2) is 45.9 Å². The van der Waals surface area contributed by atoms with Crippen molar-refractivity contribution in [3.8, 4) is 0 Å². The Bertz CT molecular complexity index is 1090. The first-order chi connectivity index (χ1) is 15.1. The maximum Gasteiger partial charge on any atom is 0.253 e. The molecule has 1 unspecified atom stereocenters. The van der Waals surface area contributed by atoms with Crippen molar-refractivity contribution in [3.63, 3.8) is 0 Å². The van der Waals surface area contributed by atoms with Crippen molar-refractivity contribution in [2.75, 3.05) is 19.6 Å². The number of piperidine rings is 1. The van der Waals surface area contributed by atoms with Gasteiger partial charge in [0.15, 0.2) is 0 Å². The van der Waals surface area contributed by atoms with Crippen molar-refractivity contribution >= 4 is 22.8 Å². The number of carbonyl (C=O) groups is 2. The normalized spacial score (nSPS) is 16.5. The first kappa shape index (κ1) is 21.1. The van der Waals surface area contributed by atoms with Gasteiger partial charge in [-0.2, -0.15) is 0 Å². The van der Waals surface area contributed by atoms with Crippen LogP contribution in [-0.2, 0) is 6.42 Å². The molecule has 0 spiro atoms. The largest absolute Gasteiger partial charge is 0.352 e. The molecule has 1 saturated heterocycles. The molecule has 2 amide bonds. The molecule has 6 heteroatoms. The topological polar surface area (TPSA) is 67.2 Å². The number of imidazole rings is 1. The number of nitrogens with one attached hydrogen (secondary N) is 1. The fourth-order valence-corrected chi connectivity index (χ4v) is 4.42. The van der Waals surface area contributed by atoms with Gasteiger partial charge in [-0.15, -0.1) is 0 Å². The van der Waals surface area contributed by atoms with Crippen LogP contribution in [0, 0.1) is 0 Å². The number of likely N-dealkylation sites (tertiary alicyclic amines) is 1. The smallest absolute Gasteiger partial charge is 0.253 e. The van der Waals surface area contributed by atoms with E-state index in [0.29, 0.717) is 24.2 Å². The summed E-state index contributed by atoms with van der Waals surface area (Å²) in [6.45, 7) is 6.15.